The molecule has 0 spiro atoms. The van der Waals surface area contributed by atoms with Crippen molar-refractivity contribution in [3.05, 3.63) is 58.7 Å². The zero-order valence-electron chi connectivity index (χ0n) is 16.4. The average molecular weight is 466 g/mol. The molecular weight excluding hydrogens is 449 g/mol. The highest BCUT2D eigenvalue weighted by Gasteiger charge is 2.41. The van der Waals surface area contributed by atoms with E-state index in [2.05, 4.69) is 15.3 Å². The predicted octanol–water partition coefficient (Wildman–Crippen LogP) is 2.68. The van der Waals surface area contributed by atoms with E-state index in [1.807, 2.05) is 0 Å². The number of hydrogen-bond donors (Lipinski definition) is 2. The Kier molecular flexibility index (Phi) is 4.90. The van der Waals surface area contributed by atoms with Crippen LogP contribution < -0.4 is 11.1 Å². The molecule has 0 radical (unpaired) electrons. The fourth-order valence-corrected chi connectivity index (χ4v) is 4.90. The van der Waals surface area contributed by atoms with Gasteiger partial charge < -0.3 is 15.5 Å². The van der Waals surface area contributed by atoms with Crippen LogP contribution in [0.15, 0.2) is 45.8 Å². The maximum Gasteiger partial charge on any atom is 0.311 e. The molecule has 0 aliphatic carbocycles. The molecule has 1 aliphatic rings. The fraction of sp³-hybridized carbons (Fsp3) is 0.211. The van der Waals surface area contributed by atoms with E-state index in [-0.39, 0.29) is 23.1 Å². The van der Waals surface area contributed by atoms with E-state index >= 15 is 0 Å². The average Bonchev–Trinajstić information content (AvgIpc) is 3.10. The van der Waals surface area contributed by atoms with Crippen LogP contribution in [-0.2, 0) is 15.6 Å². The van der Waals surface area contributed by atoms with Crippen LogP contribution in [0.2, 0.25) is 5.02 Å². The molecule has 9 nitrogen and oxygen atoms in total. The number of oxazole rings is 1. The minimum atomic E-state index is -3.79. The molecule has 12 heteroatoms. The van der Waals surface area contributed by atoms with Crippen LogP contribution in [0.4, 0.5) is 10.1 Å². The molecule has 1 atom stereocenters. The summed E-state index contributed by atoms with van der Waals surface area (Å²) >= 11 is 5.91. The van der Waals surface area contributed by atoms with Crippen LogP contribution in [-0.4, -0.2) is 42.4 Å². The standard InChI is InChI=1S/C19H17ClFN5O4S/c1-19(9-31(28,29)26(2)18(22)25-19)12-8-11(4-5-13(12)21)23-16(27)17-24-14-7-10(20)3-6-15(14)30-17/h3-8H,9H2,1-2H3,(H2,22,25)(H,23,27)/t19-/m0/s1. The number of aliphatic imine (C=N–C) groups is 1. The first-order valence-corrected chi connectivity index (χ1v) is 11.0. The molecule has 0 fully saturated rings. The highest BCUT2D eigenvalue weighted by molar-refractivity contribution is 7.89. The van der Waals surface area contributed by atoms with Gasteiger partial charge in [-0.15, -0.1) is 0 Å². The molecule has 0 saturated carbocycles. The lowest BCUT2D eigenvalue weighted by Crippen LogP contribution is -2.50. The Labute approximate surface area is 181 Å². The molecular formula is C19H17ClFN5O4S. The molecule has 2 aromatic carbocycles. The number of carbonyl (C=O) groups is 1. The molecule has 1 aromatic heterocycles. The van der Waals surface area contributed by atoms with Crippen molar-refractivity contribution in [2.75, 3.05) is 18.1 Å². The number of benzene rings is 2. The number of carbonyl (C=O) groups excluding carboxylic acids is 1. The van der Waals surface area contributed by atoms with Crippen molar-refractivity contribution in [2.24, 2.45) is 10.7 Å². The molecule has 2 heterocycles. The number of anilines is 1. The topological polar surface area (TPSA) is 131 Å². The number of aromatic nitrogens is 1. The van der Waals surface area contributed by atoms with E-state index in [1.165, 1.54) is 26.1 Å². The fourth-order valence-electron chi connectivity index (χ4n) is 3.29. The van der Waals surface area contributed by atoms with Crippen LogP contribution in [0.1, 0.15) is 23.2 Å². The Morgan fingerprint density at radius 3 is 2.77 bits per heavy atom. The van der Waals surface area contributed by atoms with Crippen molar-refractivity contribution in [1.29, 1.82) is 0 Å². The van der Waals surface area contributed by atoms with Gasteiger partial charge in [-0.2, -0.15) is 0 Å². The summed E-state index contributed by atoms with van der Waals surface area (Å²) in [5, 5.41) is 3.01. The van der Waals surface area contributed by atoms with E-state index in [9.17, 15) is 17.6 Å². The normalized spacial score (nSPS) is 20.5. The molecule has 1 amide bonds. The third-order valence-corrected chi connectivity index (χ3v) is 7.10. The Hall–Kier alpha value is -3.18. The smallest absolute Gasteiger partial charge is 0.311 e. The molecule has 31 heavy (non-hydrogen) atoms. The van der Waals surface area contributed by atoms with E-state index in [4.69, 9.17) is 21.8 Å². The van der Waals surface area contributed by atoms with Crippen molar-refractivity contribution in [1.82, 2.24) is 9.29 Å². The Morgan fingerprint density at radius 2 is 2.06 bits per heavy atom. The molecule has 3 N–H and O–H groups in total. The Balaban J connectivity index is 1.67. The molecule has 0 unspecified atom stereocenters. The highest BCUT2D eigenvalue weighted by atomic mass is 35.5. The van der Waals surface area contributed by atoms with Gasteiger partial charge in [-0.3, -0.25) is 4.79 Å². The first-order chi connectivity index (χ1) is 14.5. The highest BCUT2D eigenvalue weighted by Crippen LogP contribution is 2.35. The molecule has 0 saturated heterocycles. The van der Waals surface area contributed by atoms with E-state index in [1.54, 1.807) is 18.2 Å². The van der Waals surface area contributed by atoms with E-state index in [0.717, 1.165) is 10.4 Å². The van der Waals surface area contributed by atoms with Crippen molar-refractivity contribution >= 4 is 50.3 Å². The first kappa shape index (κ1) is 21.1. The summed E-state index contributed by atoms with van der Waals surface area (Å²) in [7, 11) is -2.52. The second-order valence-corrected chi connectivity index (χ2v) is 9.68. The minimum absolute atomic E-state index is 0.0331. The predicted molar refractivity (Wildman–Crippen MR) is 114 cm³/mol. The zero-order valence-corrected chi connectivity index (χ0v) is 18.0. The lowest BCUT2D eigenvalue weighted by molar-refractivity contribution is 0.0992. The Morgan fingerprint density at radius 1 is 1.32 bits per heavy atom. The van der Waals surface area contributed by atoms with Crippen LogP contribution in [0.25, 0.3) is 11.1 Å². The summed E-state index contributed by atoms with van der Waals surface area (Å²) in [6.45, 7) is 1.46. The summed E-state index contributed by atoms with van der Waals surface area (Å²) in [6, 6.07) is 8.49. The summed E-state index contributed by atoms with van der Waals surface area (Å²) in [5.74, 6) is -2.31. The van der Waals surface area contributed by atoms with E-state index in [0.29, 0.717) is 16.1 Å². The molecule has 3 aromatic rings. The minimum Gasteiger partial charge on any atom is -0.432 e. The van der Waals surface area contributed by atoms with Crippen LogP contribution in [0.3, 0.4) is 0 Å². The van der Waals surface area contributed by atoms with Crippen LogP contribution in [0.5, 0.6) is 0 Å². The quantitative estimate of drug-likeness (QED) is 0.611. The van der Waals surface area contributed by atoms with Gasteiger partial charge in [0.25, 0.3) is 5.89 Å². The lowest BCUT2D eigenvalue weighted by Gasteiger charge is -2.34. The van der Waals surface area contributed by atoms with Crippen molar-refractivity contribution in [2.45, 2.75) is 12.5 Å². The van der Waals surface area contributed by atoms with Gasteiger partial charge in [0.15, 0.2) is 5.58 Å². The van der Waals surface area contributed by atoms with Gasteiger partial charge in [0, 0.05) is 23.3 Å². The maximum absolute atomic E-state index is 14.6. The first-order valence-electron chi connectivity index (χ1n) is 8.98. The number of fused-ring (bicyclic) bond motifs is 1. The SMILES string of the molecule is CN1C(N)=N[C@](C)(c2cc(NC(=O)c3nc4cc(Cl)ccc4o3)ccc2F)CS1(=O)=O. The third-order valence-electron chi connectivity index (χ3n) is 4.91. The summed E-state index contributed by atoms with van der Waals surface area (Å²) in [4.78, 5) is 20.8. The largest absolute Gasteiger partial charge is 0.432 e. The number of nitrogens with one attached hydrogen (secondary N) is 1. The van der Waals surface area contributed by atoms with Gasteiger partial charge in [0.2, 0.25) is 16.0 Å². The van der Waals surface area contributed by atoms with Crippen LogP contribution >= 0.6 is 11.6 Å². The summed E-state index contributed by atoms with van der Waals surface area (Å²) in [6.07, 6.45) is 0. The second-order valence-electron chi connectivity index (χ2n) is 7.25. The number of rotatable bonds is 3. The van der Waals surface area contributed by atoms with Gasteiger partial charge in [-0.1, -0.05) is 11.6 Å². The van der Waals surface area contributed by atoms with Gasteiger partial charge in [0.05, 0.1) is 5.75 Å². The third kappa shape index (κ3) is 3.81. The molecule has 4 rings (SSSR count). The van der Waals surface area contributed by atoms with Crippen molar-refractivity contribution in [3.8, 4) is 0 Å². The molecule has 1 aliphatic heterocycles. The number of nitrogens with two attached hydrogens (primary N) is 1. The van der Waals surface area contributed by atoms with Crippen molar-refractivity contribution in [3.63, 3.8) is 0 Å². The Bertz CT molecular complexity index is 1360. The summed E-state index contributed by atoms with van der Waals surface area (Å²) < 4.78 is 45.7. The number of sulfonamides is 1. The van der Waals surface area contributed by atoms with Crippen molar-refractivity contribution < 1.29 is 22.0 Å². The van der Waals surface area contributed by atoms with Gasteiger partial charge in [0.1, 0.15) is 16.9 Å². The van der Waals surface area contributed by atoms with Gasteiger partial charge in [-0.25, -0.2) is 27.1 Å². The monoisotopic (exact) mass is 465 g/mol. The second kappa shape index (κ2) is 7.20. The number of nitrogens with zero attached hydrogens (tertiary/aromatic N) is 3. The number of amides is 1. The molecule has 0 bridgehead atoms. The maximum atomic E-state index is 14.6. The molecule has 162 valence electrons. The lowest BCUT2D eigenvalue weighted by atomic mass is 9.93. The van der Waals surface area contributed by atoms with Gasteiger partial charge in [-0.05, 0) is 43.3 Å². The zero-order chi connectivity index (χ0) is 22.6. The number of hydrogen-bond acceptors (Lipinski definition) is 7. The number of halogens is 2. The van der Waals surface area contributed by atoms with Crippen LogP contribution in [0, 0.1) is 5.82 Å². The number of guanidine groups is 1. The van der Waals surface area contributed by atoms with E-state index < -0.39 is 33.0 Å². The summed E-state index contributed by atoms with van der Waals surface area (Å²) in [5.41, 5.74) is 5.21. The van der Waals surface area contributed by atoms with Gasteiger partial charge >= 0.3 is 5.91 Å².